The van der Waals surface area contributed by atoms with E-state index in [1.807, 2.05) is 54.6 Å². The van der Waals surface area contributed by atoms with E-state index in [4.69, 9.17) is 4.74 Å². The zero-order valence-electron chi connectivity index (χ0n) is 16.3. The molecule has 144 valence electrons. The van der Waals surface area contributed by atoms with Crippen LogP contribution in [0.5, 0.6) is 11.5 Å². The lowest BCUT2D eigenvalue weighted by Gasteiger charge is -2.19. The molecule has 1 amide bonds. The van der Waals surface area contributed by atoms with E-state index in [0.717, 1.165) is 10.8 Å². The van der Waals surface area contributed by atoms with Gasteiger partial charge < -0.3 is 9.84 Å². The quantitative estimate of drug-likeness (QED) is 0.513. The van der Waals surface area contributed by atoms with Gasteiger partial charge in [0.2, 0.25) is 0 Å². The largest absolute Gasteiger partial charge is 0.507 e. The Morgan fingerprint density at radius 2 is 1.79 bits per heavy atom. The van der Waals surface area contributed by atoms with Crippen LogP contribution in [0, 0.1) is 0 Å². The second kappa shape index (κ2) is 8.13. The summed E-state index contributed by atoms with van der Waals surface area (Å²) in [7, 11) is 0. The fraction of sp³-hybridized carbons (Fsp3) is 0.217. The van der Waals surface area contributed by atoms with Crippen LogP contribution in [0.1, 0.15) is 31.9 Å². The molecule has 28 heavy (non-hydrogen) atoms. The third-order valence-electron chi connectivity index (χ3n) is 4.41. The number of amides is 1. The molecular weight excluding hydrogens is 352 g/mol. The molecule has 0 fully saturated rings. The first-order chi connectivity index (χ1) is 13.3. The molecule has 0 saturated heterocycles. The van der Waals surface area contributed by atoms with Crippen molar-refractivity contribution < 1.29 is 14.6 Å². The topological polar surface area (TPSA) is 70.9 Å². The van der Waals surface area contributed by atoms with Gasteiger partial charge in [0, 0.05) is 10.9 Å². The fourth-order valence-electron chi connectivity index (χ4n) is 2.78. The Balaban J connectivity index is 1.55. The van der Waals surface area contributed by atoms with E-state index in [-0.39, 0.29) is 23.7 Å². The summed E-state index contributed by atoms with van der Waals surface area (Å²) in [6.45, 7) is 6.28. The third-order valence-corrected chi connectivity index (χ3v) is 4.41. The number of carbonyl (C=O) groups is 1. The van der Waals surface area contributed by atoms with Crippen LogP contribution in [0.3, 0.4) is 0 Å². The number of nitrogens with one attached hydrogen (secondary N) is 1. The van der Waals surface area contributed by atoms with Crippen molar-refractivity contribution in [2.45, 2.75) is 26.2 Å². The van der Waals surface area contributed by atoms with Crippen LogP contribution in [0.2, 0.25) is 0 Å². The molecule has 0 aliphatic heterocycles. The molecule has 0 aliphatic rings. The van der Waals surface area contributed by atoms with E-state index >= 15 is 0 Å². The predicted molar refractivity (Wildman–Crippen MR) is 112 cm³/mol. The Hall–Kier alpha value is -3.34. The zero-order valence-corrected chi connectivity index (χ0v) is 16.3. The highest BCUT2D eigenvalue weighted by molar-refractivity contribution is 5.97. The average Bonchev–Trinajstić information content (AvgIpc) is 2.68. The van der Waals surface area contributed by atoms with Gasteiger partial charge in [-0.1, -0.05) is 63.2 Å². The minimum absolute atomic E-state index is 0.0684. The van der Waals surface area contributed by atoms with Crippen molar-refractivity contribution in [3.63, 3.8) is 0 Å². The molecule has 0 unspecified atom stereocenters. The number of aromatic hydroxyl groups is 1. The first-order valence-electron chi connectivity index (χ1n) is 9.10. The first kappa shape index (κ1) is 19.4. The number of fused-ring (bicyclic) bond motifs is 1. The lowest BCUT2D eigenvalue weighted by Crippen LogP contribution is -2.24. The van der Waals surface area contributed by atoms with Gasteiger partial charge in [0.15, 0.2) is 6.61 Å². The Labute approximate surface area is 164 Å². The zero-order chi connectivity index (χ0) is 20.1. The van der Waals surface area contributed by atoms with Gasteiger partial charge in [-0.25, -0.2) is 5.43 Å². The van der Waals surface area contributed by atoms with Crippen molar-refractivity contribution in [2.24, 2.45) is 5.10 Å². The monoisotopic (exact) mass is 376 g/mol. The van der Waals surface area contributed by atoms with E-state index in [0.29, 0.717) is 11.3 Å². The number of hydrogen-bond donors (Lipinski definition) is 2. The van der Waals surface area contributed by atoms with Crippen LogP contribution in [0.4, 0.5) is 0 Å². The molecule has 3 aromatic rings. The summed E-state index contributed by atoms with van der Waals surface area (Å²) in [5.74, 6) is 0.377. The number of ether oxygens (including phenoxy) is 1. The number of rotatable bonds is 5. The molecule has 0 atom stereocenters. The molecule has 0 radical (unpaired) electrons. The van der Waals surface area contributed by atoms with Crippen molar-refractivity contribution in [2.75, 3.05) is 6.61 Å². The standard InChI is InChI=1S/C23H24N2O3/c1-23(2,3)18-10-12-19(13-11-18)28-15-21(26)25-24-14-17-9-8-16-6-4-5-7-20(16)22(17)27/h4-14,27H,15H2,1-3H3,(H,25,26)/b24-14-. The number of phenolic OH excluding ortho intramolecular Hbond substituents is 1. The normalized spacial score (nSPS) is 11.7. The van der Waals surface area contributed by atoms with Crippen LogP contribution >= 0.6 is 0 Å². The fourth-order valence-corrected chi connectivity index (χ4v) is 2.78. The molecule has 3 aromatic carbocycles. The SMILES string of the molecule is CC(C)(C)c1ccc(OCC(=O)N/N=C\c2ccc3ccccc3c2O)cc1. The lowest BCUT2D eigenvalue weighted by atomic mass is 9.87. The maximum Gasteiger partial charge on any atom is 0.277 e. The van der Waals surface area contributed by atoms with Gasteiger partial charge in [0.1, 0.15) is 11.5 Å². The maximum atomic E-state index is 11.9. The molecule has 0 spiro atoms. The molecule has 0 bridgehead atoms. The summed E-state index contributed by atoms with van der Waals surface area (Å²) in [4.78, 5) is 11.9. The summed E-state index contributed by atoms with van der Waals surface area (Å²) >= 11 is 0. The van der Waals surface area contributed by atoms with Crippen molar-refractivity contribution in [3.8, 4) is 11.5 Å². The van der Waals surface area contributed by atoms with Crippen LogP contribution < -0.4 is 10.2 Å². The van der Waals surface area contributed by atoms with Crippen molar-refractivity contribution in [1.29, 1.82) is 0 Å². The smallest absolute Gasteiger partial charge is 0.277 e. The Morgan fingerprint density at radius 1 is 1.07 bits per heavy atom. The molecule has 0 aliphatic carbocycles. The molecule has 0 heterocycles. The molecule has 5 heteroatoms. The molecule has 5 nitrogen and oxygen atoms in total. The van der Waals surface area contributed by atoms with Crippen LogP contribution in [-0.2, 0) is 10.2 Å². The summed E-state index contributed by atoms with van der Waals surface area (Å²) in [5, 5.41) is 15.9. The number of carbonyl (C=O) groups excluding carboxylic acids is 1. The summed E-state index contributed by atoms with van der Waals surface area (Å²) in [6, 6.07) is 18.9. The average molecular weight is 376 g/mol. The van der Waals surface area contributed by atoms with E-state index < -0.39 is 0 Å². The lowest BCUT2D eigenvalue weighted by molar-refractivity contribution is -0.123. The van der Waals surface area contributed by atoms with Gasteiger partial charge in [0.05, 0.1) is 6.21 Å². The predicted octanol–water partition coefficient (Wildman–Crippen LogP) is 4.37. The van der Waals surface area contributed by atoms with E-state index in [2.05, 4.69) is 31.3 Å². The second-order valence-corrected chi connectivity index (χ2v) is 7.58. The van der Waals surface area contributed by atoms with Crippen LogP contribution in [0.15, 0.2) is 65.8 Å². The van der Waals surface area contributed by atoms with Crippen molar-refractivity contribution in [1.82, 2.24) is 5.43 Å². The highest BCUT2D eigenvalue weighted by Crippen LogP contribution is 2.27. The highest BCUT2D eigenvalue weighted by atomic mass is 16.5. The van der Waals surface area contributed by atoms with Gasteiger partial charge in [-0.2, -0.15) is 5.10 Å². The van der Waals surface area contributed by atoms with Crippen molar-refractivity contribution in [3.05, 3.63) is 71.8 Å². The number of hydrazone groups is 1. The van der Waals surface area contributed by atoms with Gasteiger partial charge in [-0.05, 0) is 34.6 Å². The van der Waals surface area contributed by atoms with Crippen molar-refractivity contribution >= 4 is 22.9 Å². The van der Waals surface area contributed by atoms with Gasteiger partial charge in [0.25, 0.3) is 5.91 Å². The van der Waals surface area contributed by atoms with Gasteiger partial charge in [-0.3, -0.25) is 4.79 Å². The third kappa shape index (κ3) is 4.68. The first-order valence-corrected chi connectivity index (χ1v) is 9.10. The van der Waals surface area contributed by atoms with Crippen LogP contribution in [-0.4, -0.2) is 23.8 Å². The molecule has 0 saturated carbocycles. The Kier molecular flexibility index (Phi) is 5.64. The highest BCUT2D eigenvalue weighted by Gasteiger charge is 2.13. The van der Waals surface area contributed by atoms with E-state index in [1.54, 1.807) is 6.07 Å². The number of phenols is 1. The number of hydrogen-bond acceptors (Lipinski definition) is 4. The number of nitrogens with zero attached hydrogens (tertiary/aromatic N) is 1. The van der Waals surface area contributed by atoms with E-state index in [1.165, 1.54) is 11.8 Å². The van der Waals surface area contributed by atoms with Crippen LogP contribution in [0.25, 0.3) is 10.8 Å². The second-order valence-electron chi connectivity index (χ2n) is 7.58. The maximum absolute atomic E-state index is 11.9. The van der Waals surface area contributed by atoms with Gasteiger partial charge >= 0.3 is 0 Å². The summed E-state index contributed by atoms with van der Waals surface area (Å²) in [6.07, 6.45) is 1.41. The van der Waals surface area contributed by atoms with E-state index in [9.17, 15) is 9.90 Å². The molecular formula is C23H24N2O3. The minimum atomic E-state index is -0.378. The Bertz CT molecular complexity index is 1000. The number of benzene rings is 3. The molecule has 3 rings (SSSR count). The molecule has 2 N–H and O–H groups in total. The Morgan fingerprint density at radius 3 is 2.50 bits per heavy atom. The summed E-state index contributed by atoms with van der Waals surface area (Å²) in [5.41, 5.74) is 4.20. The minimum Gasteiger partial charge on any atom is -0.507 e. The summed E-state index contributed by atoms with van der Waals surface area (Å²) < 4.78 is 5.48. The van der Waals surface area contributed by atoms with Gasteiger partial charge in [-0.15, -0.1) is 0 Å². The molecule has 0 aromatic heterocycles.